The molecule has 0 radical (unpaired) electrons. The second-order valence-electron chi connectivity index (χ2n) is 6.30. The van der Waals surface area contributed by atoms with Crippen molar-refractivity contribution in [1.29, 1.82) is 0 Å². The largest absolute Gasteiger partial charge is 0.394 e. The Balaban J connectivity index is 1.94. The Labute approximate surface area is 153 Å². The van der Waals surface area contributed by atoms with E-state index >= 15 is 0 Å². The quantitative estimate of drug-likeness (QED) is 0.580. The topological polar surface area (TPSA) is 80.0 Å². The number of hydrogen-bond acceptors (Lipinski definition) is 6. The van der Waals surface area contributed by atoms with Gasteiger partial charge in [0.05, 0.1) is 23.2 Å². The molecule has 26 heavy (non-hydrogen) atoms. The molecule has 1 aromatic carbocycles. The lowest BCUT2D eigenvalue weighted by Crippen LogP contribution is -2.19. The van der Waals surface area contributed by atoms with Crippen LogP contribution in [0.5, 0.6) is 0 Å². The molecular weight excluding hydrogens is 348 g/mol. The summed E-state index contributed by atoms with van der Waals surface area (Å²) in [5.74, 6) is 0. The van der Waals surface area contributed by atoms with Crippen molar-refractivity contribution in [2.24, 2.45) is 0 Å². The number of nitrogens with zero attached hydrogens (tertiary/aromatic N) is 3. The molecule has 0 aliphatic heterocycles. The number of benzene rings is 1. The highest BCUT2D eigenvalue weighted by atomic mass is 32.1. The van der Waals surface area contributed by atoms with Crippen LogP contribution in [0.15, 0.2) is 47.7 Å². The van der Waals surface area contributed by atoms with Crippen molar-refractivity contribution in [1.82, 2.24) is 14.5 Å². The summed E-state index contributed by atoms with van der Waals surface area (Å²) in [7, 11) is 0. The van der Waals surface area contributed by atoms with Gasteiger partial charge in [-0.2, -0.15) is 0 Å². The minimum atomic E-state index is -0.108. The van der Waals surface area contributed by atoms with Gasteiger partial charge in [-0.1, -0.05) is 17.7 Å². The molecule has 0 bridgehead atoms. The maximum Gasteiger partial charge on any atom is 0.275 e. The van der Waals surface area contributed by atoms with E-state index in [1.165, 1.54) is 11.3 Å². The number of aryl methyl sites for hydroxylation is 1. The number of hydrogen-bond donors (Lipinski definition) is 2. The smallest absolute Gasteiger partial charge is 0.275 e. The zero-order valence-corrected chi connectivity index (χ0v) is 15.2. The lowest BCUT2D eigenvalue weighted by atomic mass is 10.2. The highest BCUT2D eigenvalue weighted by Crippen LogP contribution is 2.34. The van der Waals surface area contributed by atoms with Crippen molar-refractivity contribution in [3.8, 4) is 5.69 Å². The number of nitrogens with one attached hydrogen (secondary N) is 1. The van der Waals surface area contributed by atoms with Crippen molar-refractivity contribution in [2.75, 3.05) is 11.9 Å². The molecule has 2 N–H and O–H groups in total. The molecule has 4 rings (SSSR count). The normalized spacial score (nSPS) is 12.6. The van der Waals surface area contributed by atoms with E-state index in [-0.39, 0.29) is 18.2 Å². The van der Waals surface area contributed by atoms with Crippen LogP contribution in [0.1, 0.15) is 12.5 Å². The van der Waals surface area contributed by atoms with E-state index in [1.807, 2.05) is 44.2 Å². The second kappa shape index (κ2) is 6.51. The maximum atomic E-state index is 13.0. The Kier molecular flexibility index (Phi) is 4.18. The summed E-state index contributed by atoms with van der Waals surface area (Å²) in [5, 5.41) is 13.4. The lowest BCUT2D eigenvalue weighted by Gasteiger charge is -2.13. The first-order valence-corrected chi connectivity index (χ1v) is 9.13. The first-order valence-electron chi connectivity index (χ1n) is 8.32. The van der Waals surface area contributed by atoms with Gasteiger partial charge in [0, 0.05) is 17.9 Å². The molecule has 0 amide bonds. The molecule has 3 aromatic heterocycles. The van der Waals surface area contributed by atoms with E-state index in [4.69, 9.17) is 0 Å². The molecular formula is C19H18N4O2S. The molecule has 132 valence electrons. The van der Waals surface area contributed by atoms with Crippen LogP contribution < -0.4 is 10.9 Å². The van der Waals surface area contributed by atoms with E-state index in [1.54, 1.807) is 17.1 Å². The third kappa shape index (κ3) is 2.75. The maximum absolute atomic E-state index is 13.0. The Morgan fingerprint density at radius 2 is 2.00 bits per heavy atom. The van der Waals surface area contributed by atoms with E-state index in [2.05, 4.69) is 15.3 Å². The second-order valence-corrected chi connectivity index (χ2v) is 7.30. The fraction of sp³-hybridized carbons (Fsp3) is 0.211. The molecule has 1 atom stereocenters. The molecule has 4 aromatic rings. The van der Waals surface area contributed by atoms with Crippen molar-refractivity contribution < 1.29 is 5.11 Å². The molecule has 0 fully saturated rings. The van der Waals surface area contributed by atoms with Crippen molar-refractivity contribution >= 4 is 37.5 Å². The fourth-order valence-corrected chi connectivity index (χ4v) is 3.93. The van der Waals surface area contributed by atoms with Crippen LogP contribution in [0.25, 0.3) is 26.1 Å². The molecule has 0 saturated heterocycles. The highest BCUT2D eigenvalue weighted by Gasteiger charge is 2.16. The molecule has 6 nitrogen and oxygen atoms in total. The van der Waals surface area contributed by atoms with Crippen LogP contribution >= 0.6 is 11.3 Å². The van der Waals surface area contributed by atoms with Gasteiger partial charge in [0.25, 0.3) is 5.56 Å². The van der Waals surface area contributed by atoms with Gasteiger partial charge in [-0.25, -0.2) is 9.97 Å². The number of aromatic nitrogens is 3. The number of aliphatic hydroxyl groups excluding tert-OH is 1. The van der Waals surface area contributed by atoms with Crippen LogP contribution in [0, 0.1) is 6.92 Å². The molecule has 0 aliphatic rings. The highest BCUT2D eigenvalue weighted by molar-refractivity contribution is 7.25. The molecule has 0 saturated carbocycles. The average molecular weight is 366 g/mol. The Bertz CT molecular complexity index is 1150. The first kappa shape index (κ1) is 16.7. The zero-order valence-electron chi connectivity index (χ0n) is 14.4. The Morgan fingerprint density at radius 1 is 1.23 bits per heavy atom. The number of anilines is 1. The SMILES string of the molecule is Cc1ccc(-n2cnc3c(sc4nccc(N[C@@H](C)CO)c43)c2=O)cc1. The summed E-state index contributed by atoms with van der Waals surface area (Å²) < 4.78 is 2.13. The molecule has 7 heteroatoms. The number of rotatable bonds is 4. The molecule has 0 spiro atoms. The van der Waals surface area contributed by atoms with Gasteiger partial charge in [-0.05, 0) is 32.0 Å². The van der Waals surface area contributed by atoms with E-state index in [0.717, 1.165) is 27.2 Å². The predicted molar refractivity (Wildman–Crippen MR) is 105 cm³/mol. The van der Waals surface area contributed by atoms with Gasteiger partial charge in [0.1, 0.15) is 15.9 Å². The third-order valence-electron chi connectivity index (χ3n) is 4.27. The first-order chi connectivity index (χ1) is 12.6. The van der Waals surface area contributed by atoms with Gasteiger partial charge >= 0.3 is 0 Å². The van der Waals surface area contributed by atoms with Gasteiger partial charge < -0.3 is 10.4 Å². The van der Waals surface area contributed by atoms with Crippen LogP contribution in [-0.4, -0.2) is 32.3 Å². The Morgan fingerprint density at radius 3 is 2.73 bits per heavy atom. The third-order valence-corrected chi connectivity index (χ3v) is 5.35. The summed E-state index contributed by atoms with van der Waals surface area (Å²) in [6.07, 6.45) is 3.26. The number of fused-ring (bicyclic) bond motifs is 3. The van der Waals surface area contributed by atoms with Crippen molar-refractivity contribution in [3.63, 3.8) is 0 Å². The zero-order chi connectivity index (χ0) is 18.3. The average Bonchev–Trinajstić information content (AvgIpc) is 3.03. The van der Waals surface area contributed by atoms with Crippen LogP contribution in [0.3, 0.4) is 0 Å². The van der Waals surface area contributed by atoms with Gasteiger partial charge in [-0.3, -0.25) is 9.36 Å². The number of aliphatic hydroxyl groups is 1. The van der Waals surface area contributed by atoms with Gasteiger partial charge in [0.2, 0.25) is 0 Å². The molecule has 3 heterocycles. The minimum Gasteiger partial charge on any atom is -0.394 e. The van der Waals surface area contributed by atoms with E-state index in [9.17, 15) is 9.90 Å². The number of pyridine rings is 1. The monoisotopic (exact) mass is 366 g/mol. The number of thiophene rings is 1. The van der Waals surface area contributed by atoms with Crippen LogP contribution in [-0.2, 0) is 0 Å². The summed E-state index contributed by atoms with van der Waals surface area (Å²) in [6, 6.07) is 9.49. The summed E-state index contributed by atoms with van der Waals surface area (Å²) in [4.78, 5) is 22.7. The molecule has 0 aliphatic carbocycles. The molecule has 0 unspecified atom stereocenters. The fourth-order valence-electron chi connectivity index (χ4n) is 2.87. The standard InChI is InChI=1S/C19H18N4O2S/c1-11-3-5-13(6-4-11)23-10-21-16-15-14(22-12(2)9-24)7-8-20-18(15)26-17(16)19(23)25/h3-8,10,12,24H,9H2,1-2H3,(H,20,22)/t12-/m0/s1. The Hall–Kier alpha value is -2.77. The van der Waals surface area contributed by atoms with Crippen molar-refractivity contribution in [2.45, 2.75) is 19.9 Å². The summed E-state index contributed by atoms with van der Waals surface area (Å²) in [5.41, 5.74) is 3.27. The lowest BCUT2D eigenvalue weighted by molar-refractivity contribution is 0.281. The van der Waals surface area contributed by atoms with Crippen molar-refractivity contribution in [3.05, 3.63) is 58.8 Å². The summed E-state index contributed by atoms with van der Waals surface area (Å²) >= 11 is 1.34. The van der Waals surface area contributed by atoms with Crippen LogP contribution in [0.4, 0.5) is 5.69 Å². The van der Waals surface area contributed by atoms with Gasteiger partial charge in [-0.15, -0.1) is 11.3 Å². The van der Waals surface area contributed by atoms with Gasteiger partial charge in [0.15, 0.2) is 0 Å². The van der Waals surface area contributed by atoms with E-state index < -0.39 is 0 Å². The van der Waals surface area contributed by atoms with E-state index in [0.29, 0.717) is 10.2 Å². The predicted octanol–water partition coefficient (Wildman–Crippen LogP) is 3.10. The minimum absolute atomic E-state index is 0.0134. The summed E-state index contributed by atoms with van der Waals surface area (Å²) in [6.45, 7) is 3.91. The van der Waals surface area contributed by atoms with Crippen LogP contribution in [0.2, 0.25) is 0 Å².